The molecule has 5 aliphatic rings. The first kappa shape index (κ1) is 34.7. The Bertz CT molecular complexity index is 2060. The maximum Gasteiger partial charge on any atom is 0.116 e. The first-order chi connectivity index (χ1) is 25.3. The number of hydrogen-bond acceptors (Lipinski definition) is 4. The Balaban J connectivity index is 1.02. The van der Waals surface area contributed by atoms with Crippen molar-refractivity contribution in [3.63, 3.8) is 0 Å². The van der Waals surface area contributed by atoms with Crippen molar-refractivity contribution in [1.29, 1.82) is 0 Å². The highest BCUT2D eigenvalue weighted by molar-refractivity contribution is 7.84. The van der Waals surface area contributed by atoms with Crippen LogP contribution < -0.4 is 5.32 Å². The third kappa shape index (κ3) is 7.43. The molecule has 0 saturated carbocycles. The molecule has 8 rings (SSSR count). The van der Waals surface area contributed by atoms with Crippen molar-refractivity contribution in [2.45, 2.75) is 71.1 Å². The molecule has 3 nitrogen and oxygen atoms in total. The molecule has 0 radical (unpaired) electrons. The smallest absolute Gasteiger partial charge is 0.116 e. The average molecular weight is 702 g/mol. The molecule has 1 aliphatic heterocycles. The van der Waals surface area contributed by atoms with Crippen LogP contribution in [0.5, 0.6) is 0 Å². The van der Waals surface area contributed by atoms with E-state index in [1.807, 2.05) is 0 Å². The molecular formula is C48H51N3S. The van der Waals surface area contributed by atoms with Gasteiger partial charge in [-0.25, -0.2) is 10.0 Å². The Labute approximate surface area is 316 Å². The van der Waals surface area contributed by atoms with Crippen molar-refractivity contribution >= 4 is 23.9 Å². The van der Waals surface area contributed by atoms with E-state index in [1.165, 1.54) is 55.1 Å². The molecule has 1 heterocycles. The number of anilines is 1. The van der Waals surface area contributed by atoms with Crippen LogP contribution in [0.25, 0.3) is 5.57 Å². The van der Waals surface area contributed by atoms with Crippen LogP contribution in [0.15, 0.2) is 173 Å². The van der Waals surface area contributed by atoms with Crippen LogP contribution in [0.3, 0.4) is 0 Å². The number of hydrogen-bond donors (Lipinski definition) is 2. The Hall–Kier alpha value is -4.35. The number of hydrazine groups is 1. The van der Waals surface area contributed by atoms with Crippen LogP contribution in [-0.2, 0) is 6.54 Å². The van der Waals surface area contributed by atoms with Crippen LogP contribution in [0, 0.1) is 11.3 Å². The molecule has 1 fully saturated rings. The van der Waals surface area contributed by atoms with Gasteiger partial charge in [-0.3, -0.25) is 0 Å². The molecule has 0 bridgehead atoms. The van der Waals surface area contributed by atoms with Crippen molar-refractivity contribution in [1.82, 2.24) is 10.0 Å². The van der Waals surface area contributed by atoms with E-state index in [0.29, 0.717) is 5.92 Å². The second-order valence-corrected chi connectivity index (χ2v) is 16.3. The second kappa shape index (κ2) is 14.6. The van der Waals surface area contributed by atoms with Crippen molar-refractivity contribution in [2.75, 3.05) is 11.9 Å². The fraction of sp³-hybridized carbons (Fsp3) is 0.292. The summed E-state index contributed by atoms with van der Waals surface area (Å²) in [5, 5.41) is 9.05. The molecule has 264 valence electrons. The molecule has 4 aliphatic carbocycles. The lowest BCUT2D eigenvalue weighted by molar-refractivity contribution is 0.318. The van der Waals surface area contributed by atoms with Gasteiger partial charge < -0.3 is 5.32 Å². The third-order valence-electron chi connectivity index (χ3n) is 11.3. The number of nitrogens with one attached hydrogen (secondary N) is 1. The van der Waals surface area contributed by atoms with E-state index in [9.17, 15) is 0 Å². The van der Waals surface area contributed by atoms with E-state index < -0.39 is 0 Å². The molecule has 52 heavy (non-hydrogen) atoms. The summed E-state index contributed by atoms with van der Waals surface area (Å²) < 4.78 is 0. The fourth-order valence-electron chi connectivity index (χ4n) is 8.70. The SMILES string of the molecule is C[C@@H]1C=C(C2=CC=CC(C)(C3=C(S)CCC=C3)C2)C=C(c2ccccc2NC2(C)C=C(CN3C(c4ccccc4)[N@]3Cc3ccccc3)C=CC2)C1. The standard InChI is InChI=1S/C48H51N3S/c1-35-28-40(39-21-15-26-47(2,32-39)43-23-11-13-25-45(43)52)30-41(29-35)42-22-10-12-24-44(42)49-48(3)27-14-18-37(31-48)34-51-46(38-19-8-5-9-20-38)50(51)33-36-16-6-4-7-17-36/h4-12,14-24,26,28,30-31,35,46,49,52H,13,25,27,29,32-34H2,1-3H3/t35-,46?,47?,48?,50+,51?/m1/s1. The quantitative estimate of drug-likeness (QED) is 0.162. The lowest BCUT2D eigenvalue weighted by atomic mass is 9.70. The van der Waals surface area contributed by atoms with Crippen LogP contribution in [0.2, 0.25) is 0 Å². The predicted molar refractivity (Wildman–Crippen MR) is 222 cm³/mol. The van der Waals surface area contributed by atoms with E-state index in [-0.39, 0.29) is 17.1 Å². The Kier molecular flexibility index (Phi) is 9.74. The summed E-state index contributed by atoms with van der Waals surface area (Å²) in [5.74, 6) is 0.457. The molecule has 0 amide bonds. The highest BCUT2D eigenvalue weighted by atomic mass is 32.1. The Morgan fingerprint density at radius 2 is 1.60 bits per heavy atom. The van der Waals surface area contributed by atoms with Crippen molar-refractivity contribution in [2.24, 2.45) is 11.3 Å². The lowest BCUT2D eigenvalue weighted by Gasteiger charge is -2.35. The van der Waals surface area contributed by atoms with Crippen molar-refractivity contribution < 1.29 is 0 Å². The summed E-state index contributed by atoms with van der Waals surface area (Å²) >= 11 is 4.92. The number of para-hydroxylation sites is 1. The van der Waals surface area contributed by atoms with E-state index in [4.69, 9.17) is 12.6 Å². The minimum Gasteiger partial charge on any atom is -0.376 e. The first-order valence-corrected chi connectivity index (χ1v) is 19.5. The molecule has 0 spiro atoms. The maximum atomic E-state index is 4.92. The van der Waals surface area contributed by atoms with Gasteiger partial charge in [-0.05, 0) is 94.9 Å². The average Bonchev–Trinajstić information content (AvgIpc) is 3.82. The van der Waals surface area contributed by atoms with E-state index in [2.05, 4.69) is 182 Å². The van der Waals surface area contributed by atoms with Crippen molar-refractivity contribution in [3.05, 3.63) is 190 Å². The summed E-state index contributed by atoms with van der Waals surface area (Å²) in [5.41, 5.74) is 11.8. The first-order valence-electron chi connectivity index (χ1n) is 19.1. The Morgan fingerprint density at radius 1 is 0.846 bits per heavy atom. The van der Waals surface area contributed by atoms with Gasteiger partial charge in [0.1, 0.15) is 6.17 Å². The van der Waals surface area contributed by atoms with Gasteiger partial charge in [-0.1, -0.05) is 153 Å². The van der Waals surface area contributed by atoms with Gasteiger partial charge in [-0.15, -0.1) is 12.6 Å². The number of rotatable bonds is 10. The monoisotopic (exact) mass is 701 g/mol. The summed E-state index contributed by atoms with van der Waals surface area (Å²) in [6.07, 6.45) is 29.0. The minimum atomic E-state index is -0.202. The number of allylic oxidation sites excluding steroid dienone is 12. The van der Waals surface area contributed by atoms with Gasteiger partial charge in [0.25, 0.3) is 0 Å². The number of thiol groups is 1. The molecule has 1 saturated heterocycles. The maximum absolute atomic E-state index is 4.92. The summed E-state index contributed by atoms with van der Waals surface area (Å²) in [7, 11) is 0. The number of nitrogens with zero attached hydrogens (tertiary/aromatic N) is 2. The third-order valence-corrected chi connectivity index (χ3v) is 11.8. The van der Waals surface area contributed by atoms with E-state index in [0.717, 1.165) is 45.2 Å². The van der Waals surface area contributed by atoms with E-state index in [1.54, 1.807) is 0 Å². The fourth-order valence-corrected chi connectivity index (χ4v) is 9.16. The molecular weight excluding hydrogens is 651 g/mol. The molecule has 0 aromatic heterocycles. The van der Waals surface area contributed by atoms with Gasteiger partial charge >= 0.3 is 0 Å². The van der Waals surface area contributed by atoms with Crippen molar-refractivity contribution in [3.8, 4) is 0 Å². The highest BCUT2D eigenvalue weighted by Crippen LogP contribution is 2.47. The zero-order chi connectivity index (χ0) is 35.7. The number of benzene rings is 3. The van der Waals surface area contributed by atoms with Gasteiger partial charge in [-0.2, -0.15) is 0 Å². The summed E-state index contributed by atoms with van der Waals surface area (Å²) in [4.78, 5) is 1.23. The van der Waals surface area contributed by atoms with Gasteiger partial charge in [0.2, 0.25) is 0 Å². The van der Waals surface area contributed by atoms with Crippen LogP contribution in [-0.4, -0.2) is 22.1 Å². The Morgan fingerprint density at radius 3 is 2.40 bits per heavy atom. The normalized spacial score (nSPS) is 29.6. The largest absolute Gasteiger partial charge is 0.376 e. The summed E-state index contributed by atoms with van der Waals surface area (Å²) in [6, 6.07) is 30.7. The zero-order valence-electron chi connectivity index (χ0n) is 30.8. The molecule has 1 N–H and O–H groups in total. The van der Waals surface area contributed by atoms with Gasteiger partial charge in [0, 0.05) is 29.8 Å². The molecule has 3 aromatic rings. The molecule has 4 heteroatoms. The highest BCUT2D eigenvalue weighted by Gasteiger charge is 2.46. The topological polar surface area (TPSA) is 18.0 Å². The second-order valence-electron chi connectivity index (χ2n) is 15.8. The van der Waals surface area contributed by atoms with E-state index >= 15 is 0 Å². The molecule has 3 aromatic carbocycles. The molecule has 4 unspecified atom stereocenters. The molecule has 6 atom stereocenters. The van der Waals surface area contributed by atoms with Crippen LogP contribution >= 0.6 is 12.6 Å². The van der Waals surface area contributed by atoms with Gasteiger partial charge in [0.05, 0.1) is 5.54 Å². The lowest BCUT2D eigenvalue weighted by Crippen LogP contribution is -2.34. The predicted octanol–water partition coefficient (Wildman–Crippen LogP) is 12.0. The van der Waals surface area contributed by atoms with Crippen LogP contribution in [0.1, 0.15) is 75.7 Å². The minimum absolute atomic E-state index is 0.0447. The zero-order valence-corrected chi connectivity index (χ0v) is 31.7. The summed E-state index contributed by atoms with van der Waals surface area (Å²) in [6.45, 7) is 8.86. The van der Waals surface area contributed by atoms with Crippen LogP contribution in [0.4, 0.5) is 5.69 Å². The van der Waals surface area contributed by atoms with Gasteiger partial charge in [0.15, 0.2) is 0 Å².